The van der Waals surface area contributed by atoms with Crippen LogP contribution in [0.1, 0.15) is 19.4 Å². The minimum Gasteiger partial charge on any atom is -0.389 e. The molecule has 0 amide bonds. The molecule has 0 atom stereocenters. The van der Waals surface area contributed by atoms with E-state index in [1.165, 1.54) is 6.07 Å². The first-order valence-corrected chi connectivity index (χ1v) is 9.23. The maximum absolute atomic E-state index is 13.1. The summed E-state index contributed by atoms with van der Waals surface area (Å²) >= 11 is 6.09. The highest BCUT2D eigenvalue weighted by Crippen LogP contribution is 2.34. The molecule has 2 heterocycles. The zero-order valence-corrected chi connectivity index (χ0v) is 16.4. The summed E-state index contributed by atoms with van der Waals surface area (Å²) in [5, 5.41) is 14.8. The van der Waals surface area contributed by atoms with Gasteiger partial charge in [0.1, 0.15) is 0 Å². The highest BCUT2D eigenvalue weighted by atomic mass is 35.5. The van der Waals surface area contributed by atoms with E-state index >= 15 is 0 Å². The number of aromatic amines is 1. The Morgan fingerprint density at radius 2 is 1.93 bits per heavy atom. The van der Waals surface area contributed by atoms with Crippen molar-refractivity contribution in [3.8, 4) is 0 Å². The largest absolute Gasteiger partial charge is 0.416 e. The maximum atomic E-state index is 13.1. The number of anilines is 2. The molecule has 4 aromatic rings. The highest BCUT2D eigenvalue weighted by molar-refractivity contribution is 6.31. The number of rotatable bonds is 4. The van der Waals surface area contributed by atoms with Gasteiger partial charge in [0.25, 0.3) is 0 Å². The van der Waals surface area contributed by atoms with Gasteiger partial charge in [0.05, 0.1) is 34.4 Å². The van der Waals surface area contributed by atoms with Crippen molar-refractivity contribution < 1.29 is 18.3 Å². The van der Waals surface area contributed by atoms with Crippen LogP contribution in [-0.2, 0) is 12.7 Å². The average Bonchev–Trinajstić information content (AvgIpc) is 3.14. The smallest absolute Gasteiger partial charge is 0.389 e. The molecule has 2 aromatic carbocycles. The lowest BCUT2D eigenvalue weighted by molar-refractivity contribution is -0.137. The molecule has 0 aliphatic rings. The molecule has 0 aliphatic carbocycles. The molecule has 0 saturated carbocycles. The Hall–Kier alpha value is -2.71. The number of aliphatic hydroxyl groups is 1. The van der Waals surface area contributed by atoms with Crippen LogP contribution in [0.2, 0.25) is 5.02 Å². The summed E-state index contributed by atoms with van der Waals surface area (Å²) in [7, 11) is 0. The molecule has 0 fully saturated rings. The number of halogens is 4. The summed E-state index contributed by atoms with van der Waals surface area (Å²) in [6.07, 6.45) is -2.73. The fourth-order valence-electron chi connectivity index (χ4n) is 3.27. The van der Waals surface area contributed by atoms with E-state index < -0.39 is 17.3 Å². The van der Waals surface area contributed by atoms with Crippen LogP contribution in [-0.4, -0.2) is 25.2 Å². The van der Waals surface area contributed by atoms with Crippen molar-refractivity contribution in [2.45, 2.75) is 32.2 Å². The summed E-state index contributed by atoms with van der Waals surface area (Å²) in [5.41, 5.74) is 0.316. The van der Waals surface area contributed by atoms with Gasteiger partial charge in [-0.2, -0.15) is 13.2 Å². The van der Waals surface area contributed by atoms with Gasteiger partial charge < -0.3 is 20.0 Å². The summed E-state index contributed by atoms with van der Waals surface area (Å²) in [6.45, 7) is 3.39. The van der Waals surface area contributed by atoms with E-state index in [0.29, 0.717) is 22.2 Å². The van der Waals surface area contributed by atoms with Crippen molar-refractivity contribution in [3.05, 3.63) is 53.2 Å². The van der Waals surface area contributed by atoms with Gasteiger partial charge >= 0.3 is 6.18 Å². The van der Waals surface area contributed by atoms with E-state index in [1.807, 2.05) is 6.07 Å². The minimum atomic E-state index is -4.46. The molecule has 0 saturated heterocycles. The molecular weight excluding hydrogens is 405 g/mol. The molecule has 152 valence electrons. The quantitative estimate of drug-likeness (QED) is 0.395. The van der Waals surface area contributed by atoms with Crippen LogP contribution in [0.25, 0.3) is 21.9 Å². The van der Waals surface area contributed by atoms with Crippen molar-refractivity contribution in [1.29, 1.82) is 0 Å². The van der Waals surface area contributed by atoms with Gasteiger partial charge in [0, 0.05) is 22.1 Å². The van der Waals surface area contributed by atoms with Crippen molar-refractivity contribution in [3.63, 3.8) is 0 Å². The third kappa shape index (κ3) is 3.90. The minimum absolute atomic E-state index is 0.139. The number of alkyl halides is 3. The number of hydrogen-bond acceptors (Lipinski definition) is 3. The number of nitrogens with one attached hydrogen (secondary N) is 2. The molecule has 0 bridgehead atoms. The molecule has 0 radical (unpaired) electrons. The molecule has 4 rings (SSSR count). The van der Waals surface area contributed by atoms with Gasteiger partial charge in [-0.25, -0.2) is 4.98 Å². The Morgan fingerprint density at radius 1 is 1.17 bits per heavy atom. The molecule has 3 N–H and O–H groups in total. The van der Waals surface area contributed by atoms with Crippen molar-refractivity contribution in [2.24, 2.45) is 0 Å². The van der Waals surface area contributed by atoms with Crippen molar-refractivity contribution in [2.75, 3.05) is 5.32 Å². The zero-order chi connectivity index (χ0) is 21.0. The Bertz CT molecular complexity index is 1200. The molecular formula is C20H18ClF3N4O. The maximum Gasteiger partial charge on any atom is 0.416 e. The second-order valence-electron chi connectivity index (χ2n) is 7.55. The third-order valence-corrected chi connectivity index (χ3v) is 4.75. The Labute approximate surface area is 169 Å². The van der Waals surface area contributed by atoms with Crippen LogP contribution < -0.4 is 5.32 Å². The second kappa shape index (κ2) is 6.67. The molecule has 2 aromatic heterocycles. The summed E-state index contributed by atoms with van der Waals surface area (Å²) in [4.78, 5) is 7.48. The molecule has 5 nitrogen and oxygen atoms in total. The van der Waals surface area contributed by atoms with E-state index in [-0.39, 0.29) is 12.1 Å². The SMILES string of the molecule is CC(C)(O)Cn1c(Nc2c[nH]c3ccc(Cl)cc23)nc2cc(C(F)(F)F)ccc21. The molecule has 0 spiro atoms. The molecule has 0 aliphatic heterocycles. The fraction of sp³-hybridized carbons (Fsp3) is 0.250. The monoisotopic (exact) mass is 422 g/mol. The Kier molecular flexibility index (Phi) is 4.51. The summed E-state index contributed by atoms with van der Waals surface area (Å²) in [5.74, 6) is 0.322. The van der Waals surface area contributed by atoms with Crippen molar-refractivity contribution in [1.82, 2.24) is 14.5 Å². The first-order valence-electron chi connectivity index (χ1n) is 8.85. The molecule has 29 heavy (non-hydrogen) atoms. The second-order valence-corrected chi connectivity index (χ2v) is 7.99. The topological polar surface area (TPSA) is 65.9 Å². The lowest BCUT2D eigenvalue weighted by Crippen LogP contribution is -2.26. The standard InChI is InChI=1S/C20H18ClF3N4O/c1-19(2,29)10-28-17-6-3-11(20(22,23)24)7-15(17)26-18(28)27-16-9-25-14-5-4-12(21)8-13(14)16/h3-9,25,29H,10H2,1-2H3,(H,26,27). The molecule has 9 heteroatoms. The van der Waals surface area contributed by atoms with Crippen LogP contribution in [0.4, 0.5) is 24.8 Å². The number of hydrogen-bond donors (Lipinski definition) is 3. The summed E-state index contributed by atoms with van der Waals surface area (Å²) in [6, 6.07) is 8.76. The number of imidazole rings is 1. The predicted molar refractivity (Wildman–Crippen MR) is 108 cm³/mol. The van der Waals surface area contributed by atoms with Gasteiger partial charge in [0.15, 0.2) is 0 Å². The van der Waals surface area contributed by atoms with Gasteiger partial charge in [0.2, 0.25) is 5.95 Å². The lowest BCUT2D eigenvalue weighted by Gasteiger charge is -2.20. The van der Waals surface area contributed by atoms with Gasteiger partial charge in [-0.05, 0) is 50.2 Å². The van der Waals surface area contributed by atoms with E-state index in [0.717, 1.165) is 23.0 Å². The normalized spacial score (nSPS) is 12.8. The van der Waals surface area contributed by atoms with E-state index in [9.17, 15) is 18.3 Å². The predicted octanol–water partition coefficient (Wildman–Crippen LogP) is 5.70. The van der Waals surface area contributed by atoms with Crippen LogP contribution in [0, 0.1) is 0 Å². The van der Waals surface area contributed by atoms with Gasteiger partial charge in [-0.15, -0.1) is 0 Å². The summed E-state index contributed by atoms with van der Waals surface area (Å²) < 4.78 is 41.0. The number of H-pyrrole nitrogens is 1. The van der Waals surface area contributed by atoms with Crippen molar-refractivity contribution >= 4 is 45.2 Å². The highest BCUT2D eigenvalue weighted by Gasteiger charge is 2.31. The van der Waals surface area contributed by atoms with Crippen LogP contribution in [0.5, 0.6) is 0 Å². The van der Waals surface area contributed by atoms with E-state index in [4.69, 9.17) is 11.6 Å². The fourth-order valence-corrected chi connectivity index (χ4v) is 3.44. The van der Waals surface area contributed by atoms with Gasteiger partial charge in [-0.3, -0.25) is 0 Å². The van der Waals surface area contributed by atoms with Gasteiger partial charge in [-0.1, -0.05) is 11.6 Å². The van der Waals surface area contributed by atoms with E-state index in [2.05, 4.69) is 15.3 Å². The molecule has 0 unspecified atom stereocenters. The van der Waals surface area contributed by atoms with Crippen LogP contribution >= 0.6 is 11.6 Å². The van der Waals surface area contributed by atoms with Crippen LogP contribution in [0.3, 0.4) is 0 Å². The average molecular weight is 423 g/mol. The van der Waals surface area contributed by atoms with E-state index in [1.54, 1.807) is 36.7 Å². The number of fused-ring (bicyclic) bond motifs is 2. The number of benzene rings is 2. The first-order chi connectivity index (χ1) is 13.5. The van der Waals surface area contributed by atoms with Crippen LogP contribution in [0.15, 0.2) is 42.6 Å². The number of aromatic nitrogens is 3. The first kappa shape index (κ1) is 19.6. The zero-order valence-electron chi connectivity index (χ0n) is 15.6. The Morgan fingerprint density at radius 3 is 2.62 bits per heavy atom. The number of nitrogens with zero attached hydrogens (tertiary/aromatic N) is 2. The third-order valence-electron chi connectivity index (χ3n) is 4.51. The lowest BCUT2D eigenvalue weighted by atomic mass is 10.1. The Balaban J connectivity index is 1.85.